The van der Waals surface area contributed by atoms with Gasteiger partial charge in [0.15, 0.2) is 0 Å². The number of anilines is 1. The second-order valence-corrected chi connectivity index (χ2v) is 5.89. The molecule has 0 radical (unpaired) electrons. The molecule has 0 bridgehead atoms. The van der Waals surface area contributed by atoms with Crippen LogP contribution in [0, 0.1) is 0 Å². The highest BCUT2D eigenvalue weighted by atomic mass is 79.9. The summed E-state index contributed by atoms with van der Waals surface area (Å²) in [7, 11) is 0. The number of hydrogen-bond donors (Lipinski definition) is 2. The number of halogens is 1. The number of nitrogens with zero attached hydrogens (tertiary/aromatic N) is 1. The zero-order valence-electron chi connectivity index (χ0n) is 11.2. The lowest BCUT2D eigenvalue weighted by atomic mass is 9.92. The van der Waals surface area contributed by atoms with Crippen LogP contribution in [0.15, 0.2) is 22.7 Å². The van der Waals surface area contributed by atoms with Crippen molar-refractivity contribution in [1.29, 1.82) is 0 Å². The van der Waals surface area contributed by atoms with Gasteiger partial charge in [0.1, 0.15) is 5.54 Å². The highest BCUT2D eigenvalue weighted by Crippen LogP contribution is 2.39. The molecule has 3 N–H and O–H groups in total. The van der Waals surface area contributed by atoms with Gasteiger partial charge in [-0.3, -0.25) is 4.79 Å². The molecule has 2 rings (SSSR count). The van der Waals surface area contributed by atoms with Crippen LogP contribution < -0.4 is 10.6 Å². The molecular formula is C14H17BrN2O3. The summed E-state index contributed by atoms with van der Waals surface area (Å²) >= 11 is 3.31. The molecular weight excluding hydrogens is 324 g/mol. The Morgan fingerprint density at radius 2 is 2.20 bits per heavy atom. The van der Waals surface area contributed by atoms with E-state index in [0.717, 1.165) is 10.9 Å². The van der Waals surface area contributed by atoms with Crippen molar-refractivity contribution in [3.8, 4) is 0 Å². The molecule has 0 aliphatic carbocycles. The molecule has 0 spiro atoms. The van der Waals surface area contributed by atoms with Crippen molar-refractivity contribution in [2.75, 3.05) is 11.4 Å². The van der Waals surface area contributed by atoms with Gasteiger partial charge in [0.25, 0.3) is 5.91 Å². The molecule has 6 heteroatoms. The van der Waals surface area contributed by atoms with Crippen LogP contribution in [-0.4, -0.2) is 29.1 Å². The van der Waals surface area contributed by atoms with E-state index in [-0.39, 0.29) is 0 Å². The average molecular weight is 341 g/mol. The largest absolute Gasteiger partial charge is 0.479 e. The smallest absolute Gasteiger partial charge is 0.329 e. The number of hydrogen-bond acceptors (Lipinski definition) is 3. The van der Waals surface area contributed by atoms with E-state index in [1.165, 1.54) is 0 Å². The zero-order valence-corrected chi connectivity index (χ0v) is 12.8. The second kappa shape index (κ2) is 5.44. The maximum absolute atomic E-state index is 11.7. The molecule has 1 saturated heterocycles. The van der Waals surface area contributed by atoms with Gasteiger partial charge in [-0.1, -0.05) is 22.9 Å². The second-order valence-electron chi connectivity index (χ2n) is 4.97. The predicted molar refractivity (Wildman–Crippen MR) is 79.9 cm³/mol. The first kappa shape index (κ1) is 14.8. The SMILES string of the molecule is CCC1(C(=O)O)CCCN1c1ccc(Br)cc1C(N)=O. The van der Waals surface area contributed by atoms with Gasteiger partial charge < -0.3 is 15.7 Å². The number of primary amides is 1. The number of carbonyl (C=O) groups excluding carboxylic acids is 1. The Labute approximate surface area is 125 Å². The molecule has 1 aliphatic rings. The Morgan fingerprint density at radius 3 is 2.75 bits per heavy atom. The molecule has 1 amide bonds. The summed E-state index contributed by atoms with van der Waals surface area (Å²) in [6, 6.07) is 5.18. The fraction of sp³-hybridized carbons (Fsp3) is 0.429. The fourth-order valence-corrected chi connectivity index (χ4v) is 3.27. The normalized spacial score (nSPS) is 22.0. The van der Waals surface area contributed by atoms with E-state index in [9.17, 15) is 14.7 Å². The predicted octanol–water partition coefficient (Wildman–Crippen LogP) is 2.38. The third-order valence-electron chi connectivity index (χ3n) is 3.99. The lowest BCUT2D eigenvalue weighted by molar-refractivity contribution is -0.143. The third kappa shape index (κ3) is 2.28. The minimum atomic E-state index is -0.946. The van der Waals surface area contributed by atoms with Gasteiger partial charge in [-0.25, -0.2) is 4.79 Å². The molecule has 0 saturated carbocycles. The molecule has 1 fully saturated rings. The Morgan fingerprint density at radius 1 is 1.50 bits per heavy atom. The van der Waals surface area contributed by atoms with Gasteiger partial charge in [-0.15, -0.1) is 0 Å². The Kier molecular flexibility index (Phi) is 4.04. The van der Waals surface area contributed by atoms with Gasteiger partial charge in [0.05, 0.1) is 11.3 Å². The summed E-state index contributed by atoms with van der Waals surface area (Å²) in [6.07, 6.45) is 1.85. The van der Waals surface area contributed by atoms with Crippen LogP contribution in [0.25, 0.3) is 0 Å². The number of nitrogens with two attached hydrogens (primary N) is 1. The standard InChI is InChI=1S/C14H17BrN2O3/c1-2-14(13(19)20)6-3-7-17(14)11-5-4-9(15)8-10(11)12(16)18/h4-5,8H,2-3,6-7H2,1H3,(H2,16,18)(H,19,20). The van der Waals surface area contributed by atoms with Crippen molar-refractivity contribution >= 4 is 33.5 Å². The maximum Gasteiger partial charge on any atom is 0.329 e. The van der Waals surface area contributed by atoms with Crippen LogP contribution >= 0.6 is 15.9 Å². The summed E-state index contributed by atoms with van der Waals surface area (Å²) in [5.41, 5.74) is 5.42. The molecule has 1 aliphatic heterocycles. The van der Waals surface area contributed by atoms with E-state index in [2.05, 4.69) is 15.9 Å². The monoisotopic (exact) mass is 340 g/mol. The molecule has 108 valence electrons. The Bertz CT molecular complexity index is 561. The number of aliphatic carboxylic acids is 1. The minimum Gasteiger partial charge on any atom is -0.479 e. The van der Waals surface area contributed by atoms with Gasteiger partial charge >= 0.3 is 5.97 Å². The van der Waals surface area contributed by atoms with Crippen LogP contribution in [0.4, 0.5) is 5.69 Å². The van der Waals surface area contributed by atoms with Crippen molar-refractivity contribution in [2.45, 2.75) is 31.7 Å². The highest BCUT2D eigenvalue weighted by molar-refractivity contribution is 9.10. The number of carbonyl (C=O) groups is 2. The van der Waals surface area contributed by atoms with E-state index >= 15 is 0 Å². The first-order valence-electron chi connectivity index (χ1n) is 6.53. The highest BCUT2D eigenvalue weighted by Gasteiger charge is 2.47. The Balaban J connectivity index is 2.55. The zero-order chi connectivity index (χ0) is 14.9. The van der Waals surface area contributed by atoms with Crippen LogP contribution in [0.5, 0.6) is 0 Å². The van der Waals surface area contributed by atoms with Crippen molar-refractivity contribution in [3.05, 3.63) is 28.2 Å². The number of carboxylic acids is 1. The number of benzene rings is 1. The van der Waals surface area contributed by atoms with Crippen molar-refractivity contribution in [3.63, 3.8) is 0 Å². The number of carboxylic acid groups (broad SMARTS) is 1. The first-order valence-corrected chi connectivity index (χ1v) is 7.32. The molecule has 1 heterocycles. The number of amides is 1. The van der Waals surface area contributed by atoms with Gasteiger partial charge in [-0.05, 0) is 37.5 Å². The topological polar surface area (TPSA) is 83.6 Å². The van der Waals surface area contributed by atoms with Crippen LogP contribution in [-0.2, 0) is 4.79 Å². The third-order valence-corrected chi connectivity index (χ3v) is 4.48. The molecule has 1 atom stereocenters. The van der Waals surface area contributed by atoms with Gasteiger partial charge in [0.2, 0.25) is 0 Å². The summed E-state index contributed by atoms with van der Waals surface area (Å²) in [4.78, 5) is 25.2. The Hall–Kier alpha value is -1.56. The van der Waals surface area contributed by atoms with E-state index in [4.69, 9.17) is 5.73 Å². The van der Waals surface area contributed by atoms with E-state index in [1.54, 1.807) is 18.2 Å². The van der Waals surface area contributed by atoms with Crippen LogP contribution in [0.2, 0.25) is 0 Å². The average Bonchev–Trinajstić information content (AvgIpc) is 2.83. The summed E-state index contributed by atoms with van der Waals surface area (Å²) in [5.74, 6) is -1.40. The molecule has 1 aromatic carbocycles. The van der Waals surface area contributed by atoms with E-state index < -0.39 is 17.4 Å². The summed E-state index contributed by atoms with van der Waals surface area (Å²) in [5, 5.41) is 9.61. The lowest BCUT2D eigenvalue weighted by Crippen LogP contribution is -2.50. The van der Waals surface area contributed by atoms with Crippen molar-refractivity contribution < 1.29 is 14.7 Å². The van der Waals surface area contributed by atoms with Crippen molar-refractivity contribution in [1.82, 2.24) is 0 Å². The summed E-state index contributed by atoms with van der Waals surface area (Å²) < 4.78 is 0.742. The van der Waals surface area contributed by atoms with E-state index in [1.807, 2.05) is 11.8 Å². The maximum atomic E-state index is 11.7. The molecule has 1 unspecified atom stereocenters. The minimum absolute atomic E-state index is 0.348. The van der Waals surface area contributed by atoms with E-state index in [0.29, 0.717) is 30.6 Å². The molecule has 5 nitrogen and oxygen atoms in total. The van der Waals surface area contributed by atoms with Crippen LogP contribution in [0.1, 0.15) is 36.5 Å². The van der Waals surface area contributed by atoms with Gasteiger partial charge in [-0.2, -0.15) is 0 Å². The summed E-state index contributed by atoms with van der Waals surface area (Å²) in [6.45, 7) is 2.47. The van der Waals surface area contributed by atoms with Crippen molar-refractivity contribution in [2.24, 2.45) is 5.73 Å². The molecule has 0 aromatic heterocycles. The fourth-order valence-electron chi connectivity index (χ4n) is 2.91. The van der Waals surface area contributed by atoms with Gasteiger partial charge in [0, 0.05) is 11.0 Å². The quantitative estimate of drug-likeness (QED) is 0.881. The first-order chi connectivity index (χ1) is 9.42. The lowest BCUT2D eigenvalue weighted by Gasteiger charge is -2.36. The molecule has 20 heavy (non-hydrogen) atoms. The number of rotatable bonds is 4. The molecule has 1 aromatic rings. The van der Waals surface area contributed by atoms with Crippen LogP contribution in [0.3, 0.4) is 0 Å².